The first-order valence-corrected chi connectivity index (χ1v) is 12.4. The van der Waals surface area contributed by atoms with E-state index in [2.05, 4.69) is 21.3 Å². The summed E-state index contributed by atoms with van der Waals surface area (Å²) < 4.78 is 67.4. The summed E-state index contributed by atoms with van der Waals surface area (Å²) in [6.45, 7) is 3.38. The number of rotatable bonds is 10. The molecule has 1 amide bonds. The van der Waals surface area contributed by atoms with Gasteiger partial charge in [-0.15, -0.1) is 6.58 Å². The number of carbonyl (C=O) groups is 1. The van der Waals surface area contributed by atoms with E-state index in [0.717, 1.165) is 25.0 Å². The van der Waals surface area contributed by atoms with Gasteiger partial charge in [-0.05, 0) is 48.7 Å². The molecular weight excluding hydrogens is 445 g/mol. The Morgan fingerprint density at radius 2 is 1.74 bits per heavy atom. The van der Waals surface area contributed by atoms with Crippen LogP contribution in [0.15, 0.2) is 64.9 Å². The number of amides is 1. The maximum atomic E-state index is 14.0. The van der Waals surface area contributed by atoms with E-state index in [9.17, 15) is 26.0 Å². The fraction of sp³-hybridized carbons (Fsp3) is 0.250. The SMILES string of the molecule is C=CCNS(=O)(=O)c1cc(C(=O)NCc2ccc(S(=O)(=O)NC3CC3)cc2)ccc1F. The number of hydrogen-bond acceptors (Lipinski definition) is 5. The topological polar surface area (TPSA) is 121 Å². The number of nitrogens with one attached hydrogen (secondary N) is 3. The highest BCUT2D eigenvalue weighted by Crippen LogP contribution is 2.22. The molecule has 2 aromatic carbocycles. The van der Waals surface area contributed by atoms with Crippen LogP contribution in [0.4, 0.5) is 4.39 Å². The molecule has 31 heavy (non-hydrogen) atoms. The first-order valence-electron chi connectivity index (χ1n) is 9.42. The summed E-state index contributed by atoms with van der Waals surface area (Å²) in [7, 11) is -7.70. The highest BCUT2D eigenvalue weighted by molar-refractivity contribution is 7.89. The zero-order valence-corrected chi connectivity index (χ0v) is 18.1. The lowest BCUT2D eigenvalue weighted by Crippen LogP contribution is -2.27. The fourth-order valence-corrected chi connectivity index (χ4v) is 5.06. The molecule has 1 aliphatic carbocycles. The van der Waals surface area contributed by atoms with Crippen molar-refractivity contribution in [3.8, 4) is 0 Å². The van der Waals surface area contributed by atoms with Gasteiger partial charge in [-0.25, -0.2) is 30.7 Å². The molecule has 0 unspecified atom stereocenters. The van der Waals surface area contributed by atoms with E-state index in [4.69, 9.17) is 0 Å². The van der Waals surface area contributed by atoms with Gasteiger partial charge in [0.25, 0.3) is 5.91 Å². The summed E-state index contributed by atoms with van der Waals surface area (Å²) in [5, 5.41) is 2.60. The molecule has 166 valence electrons. The zero-order valence-electron chi connectivity index (χ0n) is 16.5. The van der Waals surface area contributed by atoms with Gasteiger partial charge in [-0.1, -0.05) is 18.2 Å². The lowest BCUT2D eigenvalue weighted by Gasteiger charge is -2.10. The van der Waals surface area contributed by atoms with Crippen LogP contribution in [0.5, 0.6) is 0 Å². The minimum Gasteiger partial charge on any atom is -0.348 e. The molecule has 0 atom stereocenters. The van der Waals surface area contributed by atoms with E-state index in [-0.39, 0.29) is 29.6 Å². The van der Waals surface area contributed by atoms with Crippen molar-refractivity contribution in [2.75, 3.05) is 6.54 Å². The van der Waals surface area contributed by atoms with Crippen molar-refractivity contribution in [1.29, 1.82) is 0 Å². The third-order valence-electron chi connectivity index (χ3n) is 4.49. The average molecular weight is 468 g/mol. The van der Waals surface area contributed by atoms with Crippen molar-refractivity contribution in [2.45, 2.75) is 35.2 Å². The van der Waals surface area contributed by atoms with Crippen molar-refractivity contribution in [3.63, 3.8) is 0 Å². The lowest BCUT2D eigenvalue weighted by molar-refractivity contribution is 0.0950. The van der Waals surface area contributed by atoms with Crippen molar-refractivity contribution in [2.24, 2.45) is 0 Å². The van der Waals surface area contributed by atoms with Gasteiger partial charge in [0, 0.05) is 24.7 Å². The molecule has 8 nitrogen and oxygen atoms in total. The van der Waals surface area contributed by atoms with Crippen LogP contribution < -0.4 is 14.8 Å². The molecule has 0 heterocycles. The van der Waals surface area contributed by atoms with Crippen molar-refractivity contribution >= 4 is 26.0 Å². The van der Waals surface area contributed by atoms with E-state index < -0.39 is 36.7 Å². The third kappa shape index (κ3) is 5.97. The average Bonchev–Trinajstić information content (AvgIpc) is 3.54. The Hall–Kier alpha value is -2.60. The number of carbonyl (C=O) groups excluding carboxylic acids is 1. The molecule has 1 saturated carbocycles. The molecule has 0 bridgehead atoms. The summed E-state index contributed by atoms with van der Waals surface area (Å²) in [6, 6.07) is 9.07. The molecule has 0 spiro atoms. The van der Waals surface area contributed by atoms with Gasteiger partial charge in [0.15, 0.2) is 0 Å². The quantitative estimate of drug-likeness (QED) is 0.459. The molecular formula is C20H22FN3O5S2. The Bertz CT molecular complexity index is 1190. The predicted molar refractivity (Wildman–Crippen MR) is 113 cm³/mol. The Labute approximate surface area is 180 Å². The van der Waals surface area contributed by atoms with Gasteiger partial charge >= 0.3 is 0 Å². The largest absolute Gasteiger partial charge is 0.348 e. The van der Waals surface area contributed by atoms with Gasteiger partial charge in [0.1, 0.15) is 10.7 Å². The zero-order chi connectivity index (χ0) is 22.6. The second-order valence-electron chi connectivity index (χ2n) is 7.01. The minimum absolute atomic E-state index is 0.000324. The van der Waals surface area contributed by atoms with Gasteiger partial charge in [-0.2, -0.15) is 0 Å². The van der Waals surface area contributed by atoms with Crippen molar-refractivity contribution < 1.29 is 26.0 Å². The number of halogens is 1. The molecule has 1 aliphatic rings. The molecule has 0 aliphatic heterocycles. The standard InChI is InChI=1S/C20H22FN3O5S2/c1-2-11-23-31(28,29)19-12-15(5-10-18(19)21)20(25)22-13-14-3-8-17(9-4-14)30(26,27)24-16-6-7-16/h2-5,8-10,12,16,23-24H,1,6-7,11,13H2,(H,22,25). The molecule has 2 aromatic rings. The van der Waals surface area contributed by atoms with Crippen LogP contribution in [0.3, 0.4) is 0 Å². The van der Waals surface area contributed by atoms with Gasteiger partial charge in [0.05, 0.1) is 4.90 Å². The summed E-state index contributed by atoms with van der Waals surface area (Å²) in [5.41, 5.74) is 0.606. The second-order valence-corrected chi connectivity index (χ2v) is 10.5. The van der Waals surface area contributed by atoms with E-state index >= 15 is 0 Å². The fourth-order valence-electron chi connectivity index (χ4n) is 2.66. The Morgan fingerprint density at radius 1 is 1.06 bits per heavy atom. The normalized spacial score (nSPS) is 14.2. The highest BCUT2D eigenvalue weighted by Gasteiger charge is 2.27. The van der Waals surface area contributed by atoms with Crippen LogP contribution in [0, 0.1) is 5.82 Å². The Morgan fingerprint density at radius 3 is 2.35 bits per heavy atom. The second kappa shape index (κ2) is 9.27. The highest BCUT2D eigenvalue weighted by atomic mass is 32.2. The minimum atomic E-state index is -4.14. The van der Waals surface area contributed by atoms with Crippen LogP contribution in [0.1, 0.15) is 28.8 Å². The first kappa shape index (κ1) is 23.1. The monoisotopic (exact) mass is 467 g/mol. The van der Waals surface area contributed by atoms with E-state index in [0.29, 0.717) is 5.56 Å². The molecule has 3 N–H and O–H groups in total. The Kier molecular flexibility index (Phi) is 6.90. The maximum absolute atomic E-state index is 14.0. The smallest absolute Gasteiger partial charge is 0.251 e. The van der Waals surface area contributed by atoms with E-state index in [1.165, 1.54) is 24.3 Å². The summed E-state index contributed by atoms with van der Waals surface area (Å²) in [5.74, 6) is -1.59. The summed E-state index contributed by atoms with van der Waals surface area (Å²) in [6.07, 6.45) is 2.98. The van der Waals surface area contributed by atoms with Crippen LogP contribution >= 0.6 is 0 Å². The van der Waals surface area contributed by atoms with Crippen LogP contribution in [-0.2, 0) is 26.6 Å². The molecule has 0 radical (unpaired) electrons. The number of hydrogen-bond donors (Lipinski definition) is 3. The van der Waals surface area contributed by atoms with Crippen molar-refractivity contribution in [1.82, 2.24) is 14.8 Å². The van der Waals surface area contributed by atoms with Gasteiger partial charge < -0.3 is 5.32 Å². The lowest BCUT2D eigenvalue weighted by atomic mass is 10.2. The molecule has 0 saturated heterocycles. The Balaban J connectivity index is 1.67. The molecule has 11 heteroatoms. The van der Waals surface area contributed by atoms with Crippen LogP contribution in [0.25, 0.3) is 0 Å². The molecule has 0 aromatic heterocycles. The molecule has 3 rings (SSSR count). The van der Waals surface area contributed by atoms with Crippen molar-refractivity contribution in [3.05, 3.63) is 72.1 Å². The third-order valence-corrected chi connectivity index (χ3v) is 7.46. The van der Waals surface area contributed by atoms with Crippen LogP contribution in [0.2, 0.25) is 0 Å². The van der Waals surface area contributed by atoms with E-state index in [1.807, 2.05) is 0 Å². The first-order chi connectivity index (χ1) is 14.6. The number of benzene rings is 2. The van der Waals surface area contributed by atoms with Gasteiger partial charge in [-0.3, -0.25) is 4.79 Å². The van der Waals surface area contributed by atoms with E-state index in [1.54, 1.807) is 12.1 Å². The predicted octanol–water partition coefficient (Wildman–Crippen LogP) is 1.66. The van der Waals surface area contributed by atoms with Gasteiger partial charge in [0.2, 0.25) is 20.0 Å². The van der Waals surface area contributed by atoms with Crippen LogP contribution in [-0.4, -0.2) is 35.3 Å². The summed E-state index contributed by atoms with van der Waals surface area (Å²) >= 11 is 0. The maximum Gasteiger partial charge on any atom is 0.251 e. The summed E-state index contributed by atoms with van der Waals surface area (Å²) in [4.78, 5) is 11.9. The number of sulfonamides is 2. The molecule has 1 fully saturated rings.